The molecule has 1 saturated heterocycles. The van der Waals surface area contributed by atoms with Crippen LogP contribution in [0.3, 0.4) is 0 Å². The molecule has 0 aromatic carbocycles. The Hall–Kier alpha value is -3.10. The quantitative estimate of drug-likeness (QED) is 0.258. The number of hydrogen-bond donors (Lipinski definition) is 4. The first-order chi connectivity index (χ1) is 19.0. The second-order valence-corrected chi connectivity index (χ2v) is 12.6. The van der Waals surface area contributed by atoms with Crippen molar-refractivity contribution >= 4 is 70.9 Å². The lowest BCUT2D eigenvalue weighted by molar-refractivity contribution is -0.427. The van der Waals surface area contributed by atoms with Crippen molar-refractivity contribution < 1.29 is 15.3 Å². The van der Waals surface area contributed by atoms with E-state index < -0.39 is 5.91 Å². The lowest BCUT2D eigenvalue weighted by Crippen LogP contribution is -2.68. The van der Waals surface area contributed by atoms with Gasteiger partial charge in [0.15, 0.2) is 11.1 Å². The van der Waals surface area contributed by atoms with Gasteiger partial charge in [-0.15, -0.1) is 22.7 Å². The van der Waals surface area contributed by atoms with Crippen molar-refractivity contribution in [2.75, 3.05) is 41.8 Å². The van der Waals surface area contributed by atoms with Crippen molar-refractivity contribution in [3.63, 3.8) is 0 Å². The van der Waals surface area contributed by atoms with E-state index in [1.807, 2.05) is 17.5 Å². The van der Waals surface area contributed by atoms with E-state index in [4.69, 9.17) is 10.5 Å². The van der Waals surface area contributed by atoms with E-state index in [0.29, 0.717) is 24.9 Å². The average molecular weight is 585 g/mol. The zero-order valence-corrected chi connectivity index (χ0v) is 23.7. The van der Waals surface area contributed by atoms with Crippen LogP contribution in [-0.4, -0.2) is 53.7 Å². The Morgan fingerprint density at radius 2 is 1.97 bits per heavy atom. The minimum atomic E-state index is -0.606. The third-order valence-electron chi connectivity index (χ3n) is 7.18. The summed E-state index contributed by atoms with van der Waals surface area (Å²) in [7, 11) is 0. The molecule has 2 atom stereocenters. The number of nitrogens with zero attached hydrogens (tertiary/aromatic N) is 3. The Bertz CT molecular complexity index is 1560. The van der Waals surface area contributed by atoms with Crippen molar-refractivity contribution in [2.24, 2.45) is 5.73 Å². The third kappa shape index (κ3) is 5.50. The molecule has 6 rings (SSSR count). The van der Waals surface area contributed by atoms with Gasteiger partial charge < -0.3 is 31.7 Å². The molecular weight excluding hydrogens is 555 g/mol. The predicted octanol–water partition coefficient (Wildman–Crippen LogP) is 3.49. The normalized spacial score (nSPS) is 19.8. The van der Waals surface area contributed by atoms with E-state index in [9.17, 15) is 9.59 Å². The molecule has 0 radical (unpaired) electrons. The Balaban J connectivity index is 1.28. The first kappa shape index (κ1) is 26.1. The lowest BCUT2D eigenvalue weighted by Gasteiger charge is -2.28. The van der Waals surface area contributed by atoms with E-state index in [2.05, 4.69) is 30.6 Å². The lowest BCUT2D eigenvalue weighted by atomic mass is 9.91. The largest absolute Gasteiger partial charge is 0.378 e. The van der Waals surface area contributed by atoms with E-state index in [-0.39, 0.29) is 17.2 Å². The van der Waals surface area contributed by atoms with Crippen molar-refractivity contribution in [3.05, 3.63) is 45.7 Å². The molecule has 4 aromatic heterocycles. The highest BCUT2D eigenvalue weighted by Gasteiger charge is 2.25. The van der Waals surface area contributed by atoms with Crippen LogP contribution in [0.4, 0.5) is 21.4 Å². The smallest absolute Gasteiger partial charge is 0.269 e. The van der Waals surface area contributed by atoms with Crippen LogP contribution in [-0.2, 0) is 4.74 Å². The average Bonchev–Trinajstić information content (AvgIpc) is 3.58. The number of anilines is 4. The summed E-state index contributed by atoms with van der Waals surface area (Å²) in [6.07, 6.45) is 6.18. The molecule has 2 aliphatic rings. The number of rotatable bonds is 7. The first-order valence-electron chi connectivity index (χ1n) is 13.0. The van der Waals surface area contributed by atoms with E-state index in [0.717, 1.165) is 62.3 Å². The molecule has 1 aliphatic heterocycles. The van der Waals surface area contributed by atoms with Crippen LogP contribution in [0.1, 0.15) is 36.2 Å². The second kappa shape index (κ2) is 11.2. The van der Waals surface area contributed by atoms with Crippen molar-refractivity contribution in [1.82, 2.24) is 9.36 Å². The number of pyridine rings is 1. The maximum absolute atomic E-state index is 12.9. The van der Waals surface area contributed by atoms with Gasteiger partial charge in [-0.25, -0.2) is 4.98 Å². The molecule has 0 unspecified atom stereocenters. The number of hydrogen-bond acceptors (Lipinski definition) is 11. The molecule has 4 aromatic rings. The van der Waals surface area contributed by atoms with Crippen LogP contribution >= 0.6 is 34.2 Å². The van der Waals surface area contributed by atoms with E-state index >= 15 is 0 Å². The van der Waals surface area contributed by atoms with Gasteiger partial charge in [0.1, 0.15) is 11.0 Å². The van der Waals surface area contributed by atoms with Gasteiger partial charge in [0.25, 0.3) is 5.91 Å². The van der Waals surface area contributed by atoms with Crippen molar-refractivity contribution in [1.29, 1.82) is 0 Å². The fourth-order valence-electron chi connectivity index (χ4n) is 5.09. The SMILES string of the molecule is NC(=O)c1ncc(N[C@H]2CCCC[C@H]2[NH3+])cc1Nc1cc(-c2csc3c(=O)cc(N4CCOCC4)sc23)ns1. The molecule has 10 nitrogen and oxygen atoms in total. The van der Waals surface area contributed by atoms with Gasteiger partial charge in [-0.3, -0.25) is 9.59 Å². The van der Waals surface area contributed by atoms with Crippen molar-refractivity contribution in [2.45, 2.75) is 37.8 Å². The molecule has 204 valence electrons. The van der Waals surface area contributed by atoms with Gasteiger partial charge in [-0.1, -0.05) is 6.42 Å². The molecular formula is C26H30N7O3S3+. The Morgan fingerprint density at radius 3 is 2.77 bits per heavy atom. The zero-order valence-electron chi connectivity index (χ0n) is 21.3. The number of fused-ring (bicyclic) bond motifs is 1. The van der Waals surface area contributed by atoms with E-state index in [1.165, 1.54) is 35.7 Å². The van der Waals surface area contributed by atoms with Crippen molar-refractivity contribution in [3.8, 4) is 11.3 Å². The maximum Gasteiger partial charge on any atom is 0.269 e. The molecule has 39 heavy (non-hydrogen) atoms. The number of nitrogens with two attached hydrogens (primary N) is 1. The number of thiophene rings is 1. The Morgan fingerprint density at radius 1 is 1.15 bits per heavy atom. The van der Waals surface area contributed by atoms with Gasteiger partial charge >= 0.3 is 0 Å². The molecule has 1 aliphatic carbocycles. The number of nitrogens with one attached hydrogen (secondary N) is 2. The number of morpholine rings is 1. The number of carbonyl (C=O) groups is 1. The number of carbonyl (C=O) groups excluding carboxylic acids is 1. The van der Waals surface area contributed by atoms with Gasteiger partial charge in [-0.05, 0) is 30.4 Å². The number of amides is 1. The molecule has 13 heteroatoms. The summed E-state index contributed by atoms with van der Waals surface area (Å²) >= 11 is 4.34. The highest BCUT2D eigenvalue weighted by atomic mass is 32.1. The van der Waals surface area contributed by atoms with Gasteiger partial charge in [0.2, 0.25) is 0 Å². The topological polar surface area (TPSA) is 150 Å². The summed E-state index contributed by atoms with van der Waals surface area (Å²) < 4.78 is 11.8. The highest BCUT2D eigenvalue weighted by molar-refractivity contribution is 7.28. The van der Waals surface area contributed by atoms with Crippen LogP contribution < -0.4 is 32.4 Å². The molecule has 7 N–H and O–H groups in total. The first-order valence-corrected chi connectivity index (χ1v) is 15.4. The van der Waals surface area contributed by atoms with Gasteiger partial charge in [0.05, 0.1) is 56.9 Å². The molecule has 1 amide bonds. The van der Waals surface area contributed by atoms with Crippen LogP contribution in [0.5, 0.6) is 0 Å². The number of primary amides is 1. The Kier molecular flexibility index (Phi) is 7.49. The third-order valence-corrected chi connectivity index (χ3v) is 10.2. The standard InChI is InChI=1S/C26H29N7O3S3/c27-16-3-1-2-4-17(16)30-14-9-19(23(26(28)35)29-12-14)31-21-10-18(32-39-21)15-13-37-25-20(34)11-22(38-24(15)25)33-5-7-36-8-6-33/h9-13,16-17,30-31H,1-8,27H2,(H2,28,35)/p+1/t16-,17+/m1/s1. The maximum atomic E-state index is 12.9. The summed E-state index contributed by atoms with van der Waals surface area (Å²) in [5.74, 6) is -0.606. The highest BCUT2D eigenvalue weighted by Crippen LogP contribution is 2.40. The fraction of sp³-hybridized carbons (Fsp3) is 0.385. The zero-order chi connectivity index (χ0) is 26.9. The minimum absolute atomic E-state index is 0.0269. The summed E-state index contributed by atoms with van der Waals surface area (Å²) in [5.41, 5.74) is 13.2. The predicted molar refractivity (Wildman–Crippen MR) is 159 cm³/mol. The number of quaternary nitrogens is 1. The monoisotopic (exact) mass is 584 g/mol. The van der Waals surface area contributed by atoms with E-state index in [1.54, 1.807) is 23.6 Å². The summed E-state index contributed by atoms with van der Waals surface area (Å²) in [6, 6.07) is 6.13. The summed E-state index contributed by atoms with van der Waals surface area (Å²) in [4.78, 5) is 31.6. The summed E-state index contributed by atoms with van der Waals surface area (Å²) in [5, 5.41) is 10.5. The molecule has 2 fully saturated rings. The molecule has 0 bridgehead atoms. The molecule has 5 heterocycles. The summed E-state index contributed by atoms with van der Waals surface area (Å²) in [6.45, 7) is 2.86. The number of aromatic nitrogens is 2. The van der Waals surface area contributed by atoms with Gasteiger partial charge in [0, 0.05) is 42.6 Å². The van der Waals surface area contributed by atoms with Crippen LogP contribution in [0, 0.1) is 0 Å². The van der Waals surface area contributed by atoms with Crippen LogP contribution in [0.25, 0.3) is 20.7 Å². The molecule has 1 saturated carbocycles. The molecule has 0 spiro atoms. The minimum Gasteiger partial charge on any atom is -0.378 e. The number of ether oxygens (including phenoxy) is 1. The second-order valence-electron chi connectivity index (χ2n) is 9.84. The Labute approximate surface area is 237 Å². The van der Waals surface area contributed by atoms with Crippen LogP contribution in [0.2, 0.25) is 0 Å². The van der Waals surface area contributed by atoms with Crippen LogP contribution in [0.15, 0.2) is 34.6 Å². The van der Waals surface area contributed by atoms with Gasteiger partial charge in [-0.2, -0.15) is 4.37 Å². The fourth-order valence-corrected chi connectivity index (χ4v) is 8.12.